The lowest BCUT2D eigenvalue weighted by atomic mass is 9.72. The Morgan fingerprint density at radius 1 is 1.64 bits per heavy atom. The molecular weight excluding hydrogens is 136 g/mol. The zero-order valence-corrected chi connectivity index (χ0v) is 7.55. The number of hydrogen-bond acceptors (Lipinski definition) is 1. The zero-order chi connectivity index (χ0) is 8.48. The first kappa shape index (κ1) is 8.51. The third-order valence-electron chi connectivity index (χ3n) is 2.84. The minimum Gasteiger partial charge on any atom is -0.298 e. The van der Waals surface area contributed by atoms with Crippen molar-refractivity contribution in [2.45, 2.75) is 33.6 Å². The van der Waals surface area contributed by atoms with Gasteiger partial charge in [-0.15, -0.1) is 0 Å². The number of rotatable bonds is 1. The second-order valence-electron chi connectivity index (χ2n) is 4.10. The molecule has 0 aromatic rings. The molecule has 1 aliphatic rings. The van der Waals surface area contributed by atoms with Crippen molar-refractivity contribution in [1.82, 2.24) is 0 Å². The highest BCUT2D eigenvalue weighted by Crippen LogP contribution is 2.37. The van der Waals surface area contributed by atoms with Crippen LogP contribution < -0.4 is 0 Å². The van der Waals surface area contributed by atoms with Crippen LogP contribution in [0, 0.1) is 11.3 Å². The van der Waals surface area contributed by atoms with Crippen LogP contribution in [-0.2, 0) is 4.79 Å². The van der Waals surface area contributed by atoms with E-state index in [2.05, 4.69) is 26.8 Å². The van der Waals surface area contributed by atoms with Crippen molar-refractivity contribution < 1.29 is 4.79 Å². The first-order chi connectivity index (χ1) is 5.06. The average Bonchev–Trinajstić information content (AvgIpc) is 1.95. The van der Waals surface area contributed by atoms with Gasteiger partial charge in [0.25, 0.3) is 0 Å². The predicted molar refractivity (Wildman–Crippen MR) is 46.3 cm³/mol. The van der Waals surface area contributed by atoms with Gasteiger partial charge in [-0.2, -0.15) is 0 Å². The normalized spacial score (nSPS) is 29.4. The fourth-order valence-corrected chi connectivity index (χ4v) is 1.54. The molecule has 0 unspecified atom stereocenters. The number of carbonyl (C=O) groups excluding carboxylic acids is 1. The summed E-state index contributed by atoms with van der Waals surface area (Å²) in [5, 5.41) is 0. The molecule has 11 heavy (non-hydrogen) atoms. The Morgan fingerprint density at radius 2 is 2.27 bits per heavy atom. The van der Waals surface area contributed by atoms with Gasteiger partial charge >= 0.3 is 0 Å². The SMILES string of the molecule is C[C@@H]1CCC(C=O)=CC1(C)C. The van der Waals surface area contributed by atoms with Gasteiger partial charge in [0.1, 0.15) is 6.29 Å². The quantitative estimate of drug-likeness (QED) is 0.528. The molecule has 62 valence electrons. The molecule has 1 aliphatic carbocycles. The smallest absolute Gasteiger partial charge is 0.145 e. The Labute approximate surface area is 68.5 Å². The topological polar surface area (TPSA) is 17.1 Å². The molecule has 0 spiro atoms. The van der Waals surface area contributed by atoms with E-state index < -0.39 is 0 Å². The molecule has 1 nitrogen and oxygen atoms in total. The Morgan fingerprint density at radius 3 is 2.73 bits per heavy atom. The van der Waals surface area contributed by atoms with Gasteiger partial charge in [0.2, 0.25) is 0 Å². The van der Waals surface area contributed by atoms with Gasteiger partial charge in [-0.25, -0.2) is 0 Å². The summed E-state index contributed by atoms with van der Waals surface area (Å²) in [7, 11) is 0. The summed E-state index contributed by atoms with van der Waals surface area (Å²) in [6.45, 7) is 6.64. The van der Waals surface area contributed by atoms with E-state index in [0.717, 1.165) is 24.7 Å². The van der Waals surface area contributed by atoms with E-state index in [9.17, 15) is 4.79 Å². The van der Waals surface area contributed by atoms with E-state index in [-0.39, 0.29) is 5.41 Å². The summed E-state index contributed by atoms with van der Waals surface area (Å²) >= 11 is 0. The number of carbonyl (C=O) groups is 1. The summed E-state index contributed by atoms with van der Waals surface area (Å²) in [6.07, 6.45) is 5.23. The average molecular weight is 152 g/mol. The molecule has 0 amide bonds. The Bertz CT molecular complexity index is 189. The Balaban J connectivity index is 2.84. The summed E-state index contributed by atoms with van der Waals surface area (Å²) in [5.41, 5.74) is 1.20. The van der Waals surface area contributed by atoms with Crippen molar-refractivity contribution in [1.29, 1.82) is 0 Å². The van der Waals surface area contributed by atoms with E-state index in [1.54, 1.807) is 0 Å². The van der Waals surface area contributed by atoms with E-state index in [1.807, 2.05) is 0 Å². The van der Waals surface area contributed by atoms with Crippen LogP contribution >= 0.6 is 0 Å². The molecule has 0 radical (unpaired) electrons. The summed E-state index contributed by atoms with van der Waals surface area (Å²) in [6, 6.07) is 0. The molecule has 0 bridgehead atoms. The maximum Gasteiger partial charge on any atom is 0.145 e. The highest BCUT2D eigenvalue weighted by atomic mass is 16.1. The van der Waals surface area contributed by atoms with Crippen LogP contribution in [0.1, 0.15) is 33.6 Å². The van der Waals surface area contributed by atoms with Gasteiger partial charge in [-0.05, 0) is 29.7 Å². The van der Waals surface area contributed by atoms with Crippen molar-refractivity contribution in [3.63, 3.8) is 0 Å². The van der Waals surface area contributed by atoms with Gasteiger partial charge in [0, 0.05) is 0 Å². The first-order valence-electron chi connectivity index (χ1n) is 4.23. The molecule has 0 N–H and O–H groups in total. The number of aldehydes is 1. The van der Waals surface area contributed by atoms with Gasteiger partial charge < -0.3 is 0 Å². The second kappa shape index (κ2) is 2.80. The predicted octanol–water partition coefficient (Wildman–Crippen LogP) is 2.57. The van der Waals surface area contributed by atoms with E-state index >= 15 is 0 Å². The van der Waals surface area contributed by atoms with E-state index in [4.69, 9.17) is 0 Å². The lowest BCUT2D eigenvalue weighted by molar-refractivity contribution is -0.105. The maximum absolute atomic E-state index is 10.5. The highest BCUT2D eigenvalue weighted by Gasteiger charge is 2.27. The minimum absolute atomic E-state index is 0.217. The largest absolute Gasteiger partial charge is 0.298 e. The molecule has 0 fully saturated rings. The Kier molecular flexibility index (Phi) is 2.17. The van der Waals surface area contributed by atoms with Crippen LogP contribution in [0.2, 0.25) is 0 Å². The zero-order valence-electron chi connectivity index (χ0n) is 7.55. The summed E-state index contributed by atoms with van der Waals surface area (Å²) < 4.78 is 0. The van der Waals surface area contributed by atoms with Crippen molar-refractivity contribution in [2.24, 2.45) is 11.3 Å². The van der Waals surface area contributed by atoms with Crippen LogP contribution in [-0.4, -0.2) is 6.29 Å². The number of hydrogen-bond donors (Lipinski definition) is 0. The standard InChI is InChI=1S/C10H16O/c1-8-4-5-9(7-11)6-10(8,2)3/h6-8H,4-5H2,1-3H3/t8-/m1/s1. The van der Waals surface area contributed by atoms with Crippen LogP contribution in [0.15, 0.2) is 11.6 Å². The highest BCUT2D eigenvalue weighted by molar-refractivity contribution is 5.73. The molecule has 0 heterocycles. The molecule has 1 rings (SSSR count). The fourth-order valence-electron chi connectivity index (χ4n) is 1.54. The van der Waals surface area contributed by atoms with E-state index in [0.29, 0.717) is 5.92 Å². The van der Waals surface area contributed by atoms with Crippen LogP contribution in [0.3, 0.4) is 0 Å². The third-order valence-corrected chi connectivity index (χ3v) is 2.84. The van der Waals surface area contributed by atoms with Gasteiger partial charge in [-0.1, -0.05) is 26.8 Å². The molecule has 0 saturated heterocycles. The summed E-state index contributed by atoms with van der Waals surface area (Å²) in [5.74, 6) is 0.700. The van der Waals surface area contributed by atoms with Gasteiger partial charge in [0.05, 0.1) is 0 Å². The van der Waals surface area contributed by atoms with E-state index in [1.165, 1.54) is 0 Å². The lowest BCUT2D eigenvalue weighted by Gasteiger charge is -2.33. The molecule has 0 aliphatic heterocycles. The van der Waals surface area contributed by atoms with Crippen molar-refractivity contribution >= 4 is 6.29 Å². The Hall–Kier alpha value is -0.590. The molecule has 0 saturated carbocycles. The van der Waals surface area contributed by atoms with Crippen LogP contribution in [0.25, 0.3) is 0 Å². The van der Waals surface area contributed by atoms with Crippen molar-refractivity contribution in [2.75, 3.05) is 0 Å². The summed E-state index contributed by atoms with van der Waals surface area (Å²) in [4.78, 5) is 10.5. The molecule has 1 heteroatoms. The van der Waals surface area contributed by atoms with Crippen LogP contribution in [0.5, 0.6) is 0 Å². The third kappa shape index (κ3) is 1.70. The van der Waals surface area contributed by atoms with Crippen molar-refractivity contribution in [3.8, 4) is 0 Å². The second-order valence-corrected chi connectivity index (χ2v) is 4.10. The fraction of sp³-hybridized carbons (Fsp3) is 0.700. The van der Waals surface area contributed by atoms with Gasteiger partial charge in [0.15, 0.2) is 0 Å². The molecule has 1 atom stereocenters. The molecule has 0 aromatic carbocycles. The molecular formula is C10H16O. The van der Waals surface area contributed by atoms with Crippen molar-refractivity contribution in [3.05, 3.63) is 11.6 Å². The van der Waals surface area contributed by atoms with Gasteiger partial charge in [-0.3, -0.25) is 4.79 Å². The van der Waals surface area contributed by atoms with Crippen LogP contribution in [0.4, 0.5) is 0 Å². The molecule has 0 aromatic heterocycles. The monoisotopic (exact) mass is 152 g/mol. The minimum atomic E-state index is 0.217. The number of allylic oxidation sites excluding steroid dienone is 2. The first-order valence-corrected chi connectivity index (χ1v) is 4.23. The lowest BCUT2D eigenvalue weighted by Crippen LogP contribution is -2.23. The maximum atomic E-state index is 10.5.